The maximum Gasteiger partial charge on any atom is 0.203 e. The zero-order valence-corrected chi connectivity index (χ0v) is 18.0. The molecule has 1 fully saturated rings. The lowest BCUT2D eigenvalue weighted by molar-refractivity contribution is 0.324. The third-order valence-corrected chi connectivity index (χ3v) is 5.11. The van der Waals surface area contributed by atoms with E-state index in [1.807, 2.05) is 30.3 Å². The van der Waals surface area contributed by atoms with Crippen LogP contribution in [0.25, 0.3) is 0 Å². The van der Waals surface area contributed by atoms with E-state index >= 15 is 0 Å². The number of halogens is 1. The van der Waals surface area contributed by atoms with Gasteiger partial charge in [0.25, 0.3) is 0 Å². The fraction of sp³-hybridized carbons (Fsp3) is 0.409. The minimum Gasteiger partial charge on any atom is -0.493 e. The highest BCUT2D eigenvalue weighted by Crippen LogP contribution is 2.41. The molecule has 1 saturated carbocycles. The lowest BCUT2D eigenvalue weighted by Crippen LogP contribution is -2.39. The van der Waals surface area contributed by atoms with E-state index in [2.05, 4.69) is 23.6 Å². The smallest absolute Gasteiger partial charge is 0.203 e. The number of rotatable bonds is 8. The van der Waals surface area contributed by atoms with Crippen LogP contribution in [-0.4, -0.2) is 39.9 Å². The van der Waals surface area contributed by atoms with Gasteiger partial charge in [0.05, 0.1) is 27.9 Å². The van der Waals surface area contributed by atoms with Crippen molar-refractivity contribution in [2.75, 3.05) is 27.9 Å². The Kier molecular flexibility index (Phi) is 7.09. The highest BCUT2D eigenvalue weighted by molar-refractivity contribution is 6.30. The summed E-state index contributed by atoms with van der Waals surface area (Å²) >= 11 is 6.12. The quantitative estimate of drug-likeness (QED) is 0.502. The molecule has 1 aliphatic carbocycles. The van der Waals surface area contributed by atoms with Crippen LogP contribution in [-0.2, 0) is 6.54 Å². The Morgan fingerprint density at radius 2 is 1.83 bits per heavy atom. The Bertz CT molecular complexity index is 847. The topological polar surface area (TPSA) is 64.1 Å². The second-order valence-electron chi connectivity index (χ2n) is 6.88. The van der Waals surface area contributed by atoms with Crippen LogP contribution in [0.15, 0.2) is 41.4 Å². The molecule has 1 aliphatic rings. The van der Waals surface area contributed by atoms with Crippen molar-refractivity contribution in [3.63, 3.8) is 0 Å². The molecule has 7 heteroatoms. The predicted molar refractivity (Wildman–Crippen MR) is 117 cm³/mol. The number of methoxy groups -OCH3 is 3. The largest absolute Gasteiger partial charge is 0.493 e. The standard InChI is InChI=1S/C22H28ClN3O3/c1-5-24-22(26-18-12-17(18)15-7-6-8-16(23)11-15)25-13-14-9-19(27-2)21(29-4)20(10-14)28-3/h6-11,17-18H,5,12-13H2,1-4H3,(H2,24,25,26). The number of nitrogens with zero attached hydrogens (tertiary/aromatic N) is 1. The number of benzene rings is 2. The van der Waals surface area contributed by atoms with Gasteiger partial charge >= 0.3 is 0 Å². The monoisotopic (exact) mass is 417 g/mol. The normalized spacial score (nSPS) is 18.2. The van der Waals surface area contributed by atoms with Crippen molar-refractivity contribution in [1.29, 1.82) is 0 Å². The Hall–Kier alpha value is -2.60. The van der Waals surface area contributed by atoms with Gasteiger partial charge in [0.15, 0.2) is 17.5 Å². The molecule has 2 atom stereocenters. The summed E-state index contributed by atoms with van der Waals surface area (Å²) < 4.78 is 16.2. The van der Waals surface area contributed by atoms with Crippen LogP contribution in [0, 0.1) is 0 Å². The van der Waals surface area contributed by atoms with Gasteiger partial charge in [-0.2, -0.15) is 0 Å². The number of hydrogen-bond donors (Lipinski definition) is 2. The van der Waals surface area contributed by atoms with Gasteiger partial charge in [0.2, 0.25) is 5.75 Å². The van der Waals surface area contributed by atoms with E-state index in [4.69, 9.17) is 30.8 Å². The van der Waals surface area contributed by atoms with Crippen LogP contribution >= 0.6 is 11.6 Å². The van der Waals surface area contributed by atoms with Gasteiger partial charge in [-0.15, -0.1) is 0 Å². The highest BCUT2D eigenvalue weighted by Gasteiger charge is 2.39. The molecule has 2 unspecified atom stereocenters. The zero-order valence-electron chi connectivity index (χ0n) is 17.3. The number of aliphatic imine (C=N–C) groups is 1. The fourth-order valence-corrected chi connectivity index (χ4v) is 3.55. The van der Waals surface area contributed by atoms with E-state index < -0.39 is 0 Å². The van der Waals surface area contributed by atoms with Crippen molar-refractivity contribution in [3.8, 4) is 17.2 Å². The second-order valence-corrected chi connectivity index (χ2v) is 7.31. The van der Waals surface area contributed by atoms with Gasteiger partial charge in [-0.25, -0.2) is 4.99 Å². The van der Waals surface area contributed by atoms with E-state index in [9.17, 15) is 0 Å². The van der Waals surface area contributed by atoms with Gasteiger partial charge in [0, 0.05) is 23.5 Å². The highest BCUT2D eigenvalue weighted by atomic mass is 35.5. The molecule has 2 aromatic carbocycles. The molecule has 29 heavy (non-hydrogen) atoms. The molecule has 0 aromatic heterocycles. The van der Waals surface area contributed by atoms with Crippen molar-refractivity contribution in [1.82, 2.24) is 10.6 Å². The van der Waals surface area contributed by atoms with E-state index in [-0.39, 0.29) is 0 Å². The zero-order chi connectivity index (χ0) is 20.8. The molecule has 0 amide bonds. The maximum atomic E-state index is 6.12. The fourth-order valence-electron chi connectivity index (χ4n) is 3.35. The van der Waals surface area contributed by atoms with Crippen molar-refractivity contribution >= 4 is 17.6 Å². The summed E-state index contributed by atoms with van der Waals surface area (Å²) in [6.07, 6.45) is 1.06. The Labute approximate surface area is 177 Å². The summed E-state index contributed by atoms with van der Waals surface area (Å²) in [7, 11) is 4.81. The lowest BCUT2D eigenvalue weighted by atomic mass is 10.1. The molecule has 3 rings (SSSR count). The Morgan fingerprint density at radius 1 is 1.10 bits per heavy atom. The summed E-state index contributed by atoms with van der Waals surface area (Å²) in [4.78, 5) is 4.73. The summed E-state index contributed by atoms with van der Waals surface area (Å²) in [5.41, 5.74) is 2.23. The van der Waals surface area contributed by atoms with Crippen LogP contribution in [0.2, 0.25) is 5.02 Å². The van der Waals surface area contributed by atoms with Crippen LogP contribution in [0.5, 0.6) is 17.2 Å². The SMILES string of the molecule is CCNC(=NCc1cc(OC)c(OC)c(OC)c1)NC1CC1c1cccc(Cl)c1. The summed E-state index contributed by atoms with van der Waals surface area (Å²) in [5, 5.41) is 7.61. The first kappa shape index (κ1) is 21.1. The summed E-state index contributed by atoms with van der Waals surface area (Å²) in [6, 6.07) is 12.2. The molecule has 0 saturated heterocycles. The number of guanidine groups is 1. The number of hydrogen-bond acceptors (Lipinski definition) is 4. The van der Waals surface area contributed by atoms with Crippen molar-refractivity contribution in [2.45, 2.75) is 31.8 Å². The predicted octanol–water partition coefficient (Wildman–Crippen LogP) is 3.98. The third kappa shape index (κ3) is 5.26. The van der Waals surface area contributed by atoms with Crippen LogP contribution < -0.4 is 24.8 Å². The molecule has 0 spiro atoms. The first-order valence-corrected chi connectivity index (χ1v) is 10.1. The van der Waals surface area contributed by atoms with Crippen molar-refractivity contribution < 1.29 is 14.2 Å². The molecule has 0 bridgehead atoms. The number of ether oxygens (including phenoxy) is 3. The summed E-state index contributed by atoms with van der Waals surface area (Å²) in [6.45, 7) is 3.33. The molecule has 6 nitrogen and oxygen atoms in total. The molecular formula is C22H28ClN3O3. The molecule has 0 radical (unpaired) electrons. The van der Waals surface area contributed by atoms with Crippen LogP contribution in [0.3, 0.4) is 0 Å². The van der Waals surface area contributed by atoms with Gasteiger partial charge in [0.1, 0.15) is 0 Å². The Balaban J connectivity index is 1.70. The van der Waals surface area contributed by atoms with Crippen molar-refractivity contribution in [2.24, 2.45) is 4.99 Å². The minimum absolute atomic E-state index is 0.353. The molecular weight excluding hydrogens is 390 g/mol. The van der Waals surface area contributed by atoms with Gasteiger partial charge in [-0.1, -0.05) is 23.7 Å². The Morgan fingerprint density at radius 3 is 2.41 bits per heavy atom. The summed E-state index contributed by atoms with van der Waals surface area (Å²) in [5.74, 6) is 3.07. The molecule has 0 aliphatic heterocycles. The van der Waals surface area contributed by atoms with E-state index in [0.29, 0.717) is 35.8 Å². The first-order chi connectivity index (χ1) is 14.1. The van der Waals surface area contributed by atoms with Crippen LogP contribution in [0.4, 0.5) is 0 Å². The van der Waals surface area contributed by atoms with E-state index in [1.165, 1.54) is 5.56 Å². The molecule has 0 heterocycles. The van der Waals surface area contributed by atoms with Crippen molar-refractivity contribution in [3.05, 3.63) is 52.5 Å². The lowest BCUT2D eigenvalue weighted by Gasteiger charge is -2.14. The number of nitrogens with one attached hydrogen (secondary N) is 2. The van der Waals surface area contributed by atoms with E-state index in [1.54, 1.807) is 21.3 Å². The van der Waals surface area contributed by atoms with E-state index in [0.717, 1.165) is 29.5 Å². The third-order valence-electron chi connectivity index (χ3n) is 4.88. The van der Waals surface area contributed by atoms with Crippen LogP contribution in [0.1, 0.15) is 30.4 Å². The average Bonchev–Trinajstić information content (AvgIpc) is 3.50. The van der Waals surface area contributed by atoms with Gasteiger partial charge in [-0.05, 0) is 48.7 Å². The van der Waals surface area contributed by atoms with Gasteiger partial charge in [-0.3, -0.25) is 0 Å². The molecule has 156 valence electrons. The minimum atomic E-state index is 0.353. The average molecular weight is 418 g/mol. The maximum absolute atomic E-state index is 6.12. The van der Waals surface area contributed by atoms with Gasteiger partial charge < -0.3 is 24.8 Å². The first-order valence-electron chi connectivity index (χ1n) is 9.68. The molecule has 2 N–H and O–H groups in total. The second kappa shape index (κ2) is 9.74. The molecule has 2 aromatic rings.